The van der Waals surface area contributed by atoms with E-state index in [1.165, 1.54) is 24.8 Å². The van der Waals surface area contributed by atoms with Gasteiger partial charge < -0.3 is 9.84 Å². The van der Waals surface area contributed by atoms with Gasteiger partial charge >= 0.3 is 5.97 Å². The number of carboxylic acids is 1. The van der Waals surface area contributed by atoms with E-state index in [1.807, 2.05) is 0 Å². The quantitative estimate of drug-likeness (QED) is 0.827. The molecule has 0 aliphatic carbocycles. The summed E-state index contributed by atoms with van der Waals surface area (Å²) in [5.41, 5.74) is 0.0838. The second kappa shape index (κ2) is 4.60. The molecule has 0 spiro atoms. The molecule has 2 heterocycles. The van der Waals surface area contributed by atoms with E-state index in [1.54, 1.807) is 11.7 Å². The van der Waals surface area contributed by atoms with Crippen molar-refractivity contribution in [2.45, 2.75) is 6.61 Å². The summed E-state index contributed by atoms with van der Waals surface area (Å²) in [4.78, 5) is 18.5. The molecule has 0 amide bonds. The summed E-state index contributed by atoms with van der Waals surface area (Å²) in [7, 11) is 1.75. The predicted molar refractivity (Wildman–Crippen MR) is 56.5 cm³/mol. The molecule has 2 aromatic rings. The van der Waals surface area contributed by atoms with Gasteiger partial charge in [-0.1, -0.05) is 0 Å². The van der Waals surface area contributed by atoms with Crippen LogP contribution in [0.3, 0.4) is 0 Å². The topological polar surface area (TPSA) is 90.1 Å². The highest BCUT2D eigenvalue weighted by Gasteiger charge is 2.06. The molecule has 0 aromatic carbocycles. The SMILES string of the molecule is Cn1ncnc1COc1cncc(C(=O)O)c1. The fourth-order valence-corrected chi connectivity index (χ4v) is 1.21. The summed E-state index contributed by atoms with van der Waals surface area (Å²) in [5, 5.41) is 12.7. The maximum absolute atomic E-state index is 10.7. The normalized spacial score (nSPS) is 10.2. The average Bonchev–Trinajstić information content (AvgIpc) is 2.72. The Morgan fingerprint density at radius 2 is 2.35 bits per heavy atom. The number of hydrogen-bond donors (Lipinski definition) is 1. The van der Waals surface area contributed by atoms with Crippen molar-refractivity contribution >= 4 is 5.97 Å². The van der Waals surface area contributed by atoms with Gasteiger partial charge in [0.1, 0.15) is 18.7 Å². The van der Waals surface area contributed by atoms with E-state index in [9.17, 15) is 4.79 Å². The van der Waals surface area contributed by atoms with Crippen LogP contribution in [-0.4, -0.2) is 30.8 Å². The Morgan fingerprint density at radius 1 is 1.53 bits per heavy atom. The van der Waals surface area contributed by atoms with Crippen LogP contribution >= 0.6 is 0 Å². The Labute approximate surface area is 96.7 Å². The van der Waals surface area contributed by atoms with Crippen LogP contribution in [-0.2, 0) is 13.7 Å². The number of carbonyl (C=O) groups is 1. The summed E-state index contributed by atoms with van der Waals surface area (Å²) < 4.78 is 6.95. The molecule has 0 unspecified atom stereocenters. The highest BCUT2D eigenvalue weighted by atomic mass is 16.5. The zero-order chi connectivity index (χ0) is 12.3. The van der Waals surface area contributed by atoms with E-state index in [0.29, 0.717) is 11.6 Å². The van der Waals surface area contributed by atoms with Gasteiger partial charge in [0, 0.05) is 13.2 Å². The van der Waals surface area contributed by atoms with E-state index < -0.39 is 5.97 Å². The molecule has 0 bridgehead atoms. The fraction of sp³-hybridized carbons (Fsp3) is 0.200. The molecular weight excluding hydrogens is 224 g/mol. The van der Waals surface area contributed by atoms with Gasteiger partial charge in [-0.3, -0.25) is 9.67 Å². The lowest BCUT2D eigenvalue weighted by Gasteiger charge is -2.05. The van der Waals surface area contributed by atoms with Crippen LogP contribution < -0.4 is 4.74 Å². The van der Waals surface area contributed by atoms with E-state index in [-0.39, 0.29) is 12.2 Å². The number of ether oxygens (including phenoxy) is 1. The number of hydrogen-bond acceptors (Lipinski definition) is 5. The molecule has 0 saturated heterocycles. The third kappa shape index (κ3) is 2.57. The van der Waals surface area contributed by atoms with Gasteiger partial charge in [-0.15, -0.1) is 0 Å². The van der Waals surface area contributed by atoms with Crippen LogP contribution in [0, 0.1) is 0 Å². The molecule has 1 N–H and O–H groups in total. The van der Waals surface area contributed by atoms with Gasteiger partial charge in [0.05, 0.1) is 11.8 Å². The van der Waals surface area contributed by atoms with Crippen LogP contribution in [0.15, 0.2) is 24.8 Å². The molecule has 0 atom stereocenters. The van der Waals surface area contributed by atoms with Crippen molar-refractivity contribution in [3.63, 3.8) is 0 Å². The minimum absolute atomic E-state index is 0.0838. The second-order valence-electron chi connectivity index (χ2n) is 3.30. The number of rotatable bonds is 4. The number of aromatic nitrogens is 4. The molecule has 2 aromatic heterocycles. The molecule has 0 aliphatic heterocycles. The summed E-state index contributed by atoms with van der Waals surface area (Å²) in [6, 6.07) is 1.41. The molecule has 7 heteroatoms. The Balaban J connectivity index is 2.07. The summed E-state index contributed by atoms with van der Waals surface area (Å²) in [5.74, 6) is -0.0137. The van der Waals surface area contributed by atoms with Gasteiger partial charge in [0.15, 0.2) is 5.82 Å². The van der Waals surface area contributed by atoms with Crippen molar-refractivity contribution in [3.8, 4) is 5.75 Å². The first kappa shape index (κ1) is 11.1. The van der Waals surface area contributed by atoms with Crippen LogP contribution in [0.5, 0.6) is 5.75 Å². The van der Waals surface area contributed by atoms with E-state index in [4.69, 9.17) is 9.84 Å². The first-order valence-corrected chi connectivity index (χ1v) is 4.81. The third-order valence-electron chi connectivity index (χ3n) is 2.13. The number of carboxylic acid groups (broad SMARTS) is 1. The van der Waals surface area contributed by atoms with Gasteiger partial charge in [-0.05, 0) is 6.07 Å². The first-order chi connectivity index (χ1) is 8.16. The number of aromatic carboxylic acids is 1. The highest BCUT2D eigenvalue weighted by molar-refractivity contribution is 5.87. The lowest BCUT2D eigenvalue weighted by molar-refractivity contribution is 0.0696. The van der Waals surface area contributed by atoms with Crippen molar-refractivity contribution in [3.05, 3.63) is 36.2 Å². The zero-order valence-corrected chi connectivity index (χ0v) is 9.07. The van der Waals surface area contributed by atoms with E-state index in [0.717, 1.165) is 0 Å². The predicted octanol–water partition coefficient (Wildman–Crippen LogP) is 0.487. The monoisotopic (exact) mass is 234 g/mol. The Bertz CT molecular complexity index is 538. The zero-order valence-electron chi connectivity index (χ0n) is 9.07. The van der Waals surface area contributed by atoms with Crippen molar-refractivity contribution in [1.82, 2.24) is 19.7 Å². The smallest absolute Gasteiger partial charge is 0.337 e. The highest BCUT2D eigenvalue weighted by Crippen LogP contribution is 2.12. The van der Waals surface area contributed by atoms with Crippen molar-refractivity contribution in [2.24, 2.45) is 7.05 Å². The largest absolute Gasteiger partial charge is 0.484 e. The summed E-state index contributed by atoms with van der Waals surface area (Å²) >= 11 is 0. The number of aryl methyl sites for hydroxylation is 1. The van der Waals surface area contributed by atoms with Crippen LogP contribution in [0.4, 0.5) is 0 Å². The number of nitrogens with zero attached hydrogens (tertiary/aromatic N) is 4. The third-order valence-corrected chi connectivity index (χ3v) is 2.13. The Morgan fingerprint density at radius 3 is 3.00 bits per heavy atom. The minimum Gasteiger partial charge on any atom is -0.484 e. The lowest BCUT2D eigenvalue weighted by Crippen LogP contribution is -2.05. The first-order valence-electron chi connectivity index (χ1n) is 4.81. The Hall–Kier alpha value is -2.44. The molecule has 0 radical (unpaired) electrons. The Kier molecular flexibility index (Phi) is 2.99. The molecule has 17 heavy (non-hydrogen) atoms. The van der Waals surface area contributed by atoms with E-state index in [2.05, 4.69) is 15.1 Å². The molecule has 7 nitrogen and oxygen atoms in total. The minimum atomic E-state index is -1.04. The summed E-state index contributed by atoms with van der Waals surface area (Å²) in [6.07, 6.45) is 4.13. The van der Waals surface area contributed by atoms with Crippen molar-refractivity contribution < 1.29 is 14.6 Å². The molecule has 2 rings (SSSR count). The van der Waals surface area contributed by atoms with Crippen LogP contribution in [0.2, 0.25) is 0 Å². The van der Waals surface area contributed by atoms with Crippen molar-refractivity contribution in [1.29, 1.82) is 0 Å². The standard InChI is InChI=1S/C10H10N4O3/c1-14-9(12-6-13-14)5-17-8-2-7(10(15)16)3-11-4-8/h2-4,6H,5H2,1H3,(H,15,16). The lowest BCUT2D eigenvalue weighted by atomic mass is 10.3. The second-order valence-corrected chi connectivity index (χ2v) is 3.30. The molecule has 0 fully saturated rings. The average molecular weight is 234 g/mol. The maximum atomic E-state index is 10.7. The molecule has 88 valence electrons. The fourth-order valence-electron chi connectivity index (χ4n) is 1.21. The summed E-state index contributed by atoms with van der Waals surface area (Å²) in [6.45, 7) is 0.210. The van der Waals surface area contributed by atoms with Gasteiger partial charge in [-0.2, -0.15) is 5.10 Å². The van der Waals surface area contributed by atoms with E-state index >= 15 is 0 Å². The maximum Gasteiger partial charge on any atom is 0.337 e. The molecule has 0 aliphatic rings. The number of pyridine rings is 1. The molecular formula is C10H10N4O3. The van der Waals surface area contributed by atoms with Gasteiger partial charge in [0.2, 0.25) is 0 Å². The van der Waals surface area contributed by atoms with Gasteiger partial charge in [0.25, 0.3) is 0 Å². The van der Waals surface area contributed by atoms with Crippen molar-refractivity contribution in [2.75, 3.05) is 0 Å². The van der Waals surface area contributed by atoms with Crippen LogP contribution in [0.25, 0.3) is 0 Å². The molecule has 0 saturated carbocycles. The van der Waals surface area contributed by atoms with Gasteiger partial charge in [-0.25, -0.2) is 9.78 Å². The van der Waals surface area contributed by atoms with Crippen LogP contribution in [0.1, 0.15) is 16.2 Å².